The highest BCUT2D eigenvalue weighted by Crippen LogP contribution is 2.55. The lowest BCUT2D eigenvalue weighted by Gasteiger charge is -2.57. The molecule has 0 atom stereocenters. The average Bonchev–Trinajstić information content (AvgIpc) is 2.73. The number of aryl methyl sites for hydroxylation is 1. The molecule has 4 saturated carbocycles. The molecule has 0 saturated heterocycles. The number of nitrogens with zero attached hydrogens (tertiary/aromatic N) is 2. The van der Waals surface area contributed by atoms with Crippen LogP contribution in [0.15, 0.2) is 12.4 Å². The fourth-order valence-electron chi connectivity index (χ4n) is 5.41. The van der Waals surface area contributed by atoms with Gasteiger partial charge in [0.1, 0.15) is 5.82 Å². The fraction of sp³-hybridized carbons (Fsp3) is 0.812. The van der Waals surface area contributed by atoms with Crippen LogP contribution in [0, 0.1) is 24.7 Å². The Hall–Kier alpha value is -0.830. The van der Waals surface area contributed by atoms with Crippen LogP contribution in [-0.4, -0.2) is 21.6 Å². The Bertz CT molecular complexity index is 427. The van der Waals surface area contributed by atoms with Gasteiger partial charge in [0.2, 0.25) is 0 Å². The first-order chi connectivity index (χ1) is 9.22. The van der Waals surface area contributed by atoms with Gasteiger partial charge in [0.05, 0.1) is 0 Å². The number of rotatable bonds is 4. The van der Waals surface area contributed by atoms with E-state index in [1.54, 1.807) is 0 Å². The zero-order valence-electron chi connectivity index (χ0n) is 11.9. The van der Waals surface area contributed by atoms with E-state index in [9.17, 15) is 0 Å². The van der Waals surface area contributed by atoms with Crippen molar-refractivity contribution in [2.75, 3.05) is 6.54 Å². The molecule has 19 heavy (non-hydrogen) atoms. The molecule has 1 heterocycles. The van der Waals surface area contributed by atoms with Crippen LogP contribution in [0.2, 0.25) is 0 Å². The van der Waals surface area contributed by atoms with Crippen LogP contribution < -0.4 is 5.32 Å². The standard InChI is InChI=1S/C16H25N3/c1-12-17-2-4-19(12)5-3-18-16-9-13-6-14(10-16)8-15(7-13)11-16/h2,4,13-15,18H,3,5-11H2,1H3. The first kappa shape index (κ1) is 12.0. The molecule has 0 aliphatic heterocycles. The molecule has 0 aromatic carbocycles. The molecule has 4 aliphatic rings. The van der Waals surface area contributed by atoms with Crippen LogP contribution in [0.1, 0.15) is 44.3 Å². The maximum Gasteiger partial charge on any atom is 0.105 e. The SMILES string of the molecule is Cc1nccn1CCNC12CC3CC(CC(C3)C1)C2. The molecule has 0 unspecified atom stereocenters. The quantitative estimate of drug-likeness (QED) is 0.901. The third-order valence-electron chi connectivity index (χ3n) is 5.81. The number of nitrogens with one attached hydrogen (secondary N) is 1. The predicted molar refractivity (Wildman–Crippen MR) is 75.9 cm³/mol. The van der Waals surface area contributed by atoms with E-state index >= 15 is 0 Å². The second-order valence-corrected chi connectivity index (χ2v) is 7.29. The lowest BCUT2D eigenvalue weighted by atomic mass is 9.53. The van der Waals surface area contributed by atoms with Crippen LogP contribution >= 0.6 is 0 Å². The van der Waals surface area contributed by atoms with Gasteiger partial charge in [0, 0.05) is 31.0 Å². The van der Waals surface area contributed by atoms with Crippen molar-refractivity contribution in [3.05, 3.63) is 18.2 Å². The third-order valence-corrected chi connectivity index (χ3v) is 5.81. The van der Waals surface area contributed by atoms with E-state index in [4.69, 9.17) is 0 Å². The molecule has 3 heteroatoms. The van der Waals surface area contributed by atoms with Crippen molar-refractivity contribution in [2.45, 2.75) is 57.5 Å². The van der Waals surface area contributed by atoms with Crippen molar-refractivity contribution < 1.29 is 0 Å². The Morgan fingerprint density at radius 3 is 2.37 bits per heavy atom. The Balaban J connectivity index is 1.39. The highest BCUT2D eigenvalue weighted by molar-refractivity contribution is 5.06. The summed E-state index contributed by atoms with van der Waals surface area (Å²) in [6, 6.07) is 0. The zero-order valence-corrected chi connectivity index (χ0v) is 11.9. The summed E-state index contributed by atoms with van der Waals surface area (Å²) in [6.07, 6.45) is 12.9. The summed E-state index contributed by atoms with van der Waals surface area (Å²) in [4.78, 5) is 4.30. The number of aromatic nitrogens is 2. The molecular weight excluding hydrogens is 234 g/mol. The monoisotopic (exact) mass is 259 g/mol. The number of imidazole rings is 1. The normalized spacial score (nSPS) is 39.9. The first-order valence-corrected chi connectivity index (χ1v) is 7.95. The van der Waals surface area contributed by atoms with Crippen LogP contribution in [0.3, 0.4) is 0 Å². The van der Waals surface area contributed by atoms with E-state index in [0.717, 1.165) is 36.7 Å². The highest BCUT2D eigenvalue weighted by Gasteiger charge is 2.50. The minimum atomic E-state index is 0.503. The smallest absolute Gasteiger partial charge is 0.105 e. The molecule has 4 fully saturated rings. The maximum absolute atomic E-state index is 4.30. The molecule has 0 amide bonds. The summed E-state index contributed by atoms with van der Waals surface area (Å²) in [5.41, 5.74) is 0.503. The topological polar surface area (TPSA) is 29.9 Å². The molecule has 1 aromatic rings. The van der Waals surface area contributed by atoms with Gasteiger partial charge in [0.15, 0.2) is 0 Å². The van der Waals surface area contributed by atoms with E-state index in [0.29, 0.717) is 5.54 Å². The van der Waals surface area contributed by atoms with E-state index in [1.165, 1.54) is 38.5 Å². The Morgan fingerprint density at radius 1 is 1.21 bits per heavy atom. The second kappa shape index (κ2) is 4.34. The predicted octanol–water partition coefficient (Wildman–Crippen LogP) is 2.75. The Kier molecular flexibility index (Phi) is 2.73. The number of hydrogen-bond donors (Lipinski definition) is 1. The number of hydrogen-bond acceptors (Lipinski definition) is 2. The van der Waals surface area contributed by atoms with Gasteiger partial charge in [-0.2, -0.15) is 0 Å². The molecule has 1 N–H and O–H groups in total. The molecule has 0 radical (unpaired) electrons. The van der Waals surface area contributed by atoms with Crippen molar-refractivity contribution in [2.24, 2.45) is 17.8 Å². The summed E-state index contributed by atoms with van der Waals surface area (Å²) in [6.45, 7) is 4.25. The van der Waals surface area contributed by atoms with Crippen molar-refractivity contribution in [1.29, 1.82) is 0 Å². The lowest BCUT2D eigenvalue weighted by Crippen LogP contribution is -2.58. The summed E-state index contributed by atoms with van der Waals surface area (Å²) < 4.78 is 2.26. The van der Waals surface area contributed by atoms with Crippen LogP contribution in [-0.2, 0) is 6.54 Å². The van der Waals surface area contributed by atoms with Crippen molar-refractivity contribution in [3.8, 4) is 0 Å². The van der Waals surface area contributed by atoms with Gasteiger partial charge in [0.25, 0.3) is 0 Å². The zero-order chi connectivity index (χ0) is 12.9. The first-order valence-electron chi connectivity index (χ1n) is 7.95. The highest BCUT2D eigenvalue weighted by atomic mass is 15.1. The molecule has 5 rings (SSSR count). The minimum Gasteiger partial charge on any atom is -0.334 e. The molecular formula is C16H25N3. The second-order valence-electron chi connectivity index (χ2n) is 7.29. The van der Waals surface area contributed by atoms with E-state index in [-0.39, 0.29) is 0 Å². The van der Waals surface area contributed by atoms with E-state index in [1.807, 2.05) is 6.20 Å². The van der Waals surface area contributed by atoms with Crippen LogP contribution in [0.4, 0.5) is 0 Å². The van der Waals surface area contributed by atoms with Gasteiger partial charge >= 0.3 is 0 Å². The average molecular weight is 259 g/mol. The third kappa shape index (κ3) is 2.12. The van der Waals surface area contributed by atoms with Gasteiger partial charge in [-0.25, -0.2) is 4.98 Å². The van der Waals surface area contributed by atoms with Gasteiger partial charge in [-0.05, 0) is 63.2 Å². The molecule has 4 bridgehead atoms. The Labute approximate surface area is 115 Å². The Morgan fingerprint density at radius 2 is 1.84 bits per heavy atom. The summed E-state index contributed by atoms with van der Waals surface area (Å²) in [5.74, 6) is 4.24. The lowest BCUT2D eigenvalue weighted by molar-refractivity contribution is -0.0198. The van der Waals surface area contributed by atoms with E-state index < -0.39 is 0 Å². The molecule has 0 spiro atoms. The van der Waals surface area contributed by atoms with Crippen molar-refractivity contribution in [1.82, 2.24) is 14.9 Å². The summed E-state index contributed by atoms with van der Waals surface area (Å²) >= 11 is 0. The van der Waals surface area contributed by atoms with Crippen LogP contribution in [0.5, 0.6) is 0 Å². The van der Waals surface area contributed by atoms with Gasteiger partial charge in [-0.3, -0.25) is 0 Å². The fourth-order valence-corrected chi connectivity index (χ4v) is 5.41. The molecule has 1 aromatic heterocycles. The molecule has 4 aliphatic carbocycles. The van der Waals surface area contributed by atoms with Crippen LogP contribution in [0.25, 0.3) is 0 Å². The van der Waals surface area contributed by atoms with Gasteiger partial charge in [-0.15, -0.1) is 0 Å². The van der Waals surface area contributed by atoms with Crippen molar-refractivity contribution >= 4 is 0 Å². The minimum absolute atomic E-state index is 0.503. The van der Waals surface area contributed by atoms with E-state index in [2.05, 4.69) is 28.0 Å². The summed E-state index contributed by atoms with van der Waals surface area (Å²) in [5, 5.41) is 3.94. The maximum atomic E-state index is 4.30. The largest absolute Gasteiger partial charge is 0.334 e. The van der Waals surface area contributed by atoms with Gasteiger partial charge < -0.3 is 9.88 Å². The molecule has 3 nitrogen and oxygen atoms in total. The van der Waals surface area contributed by atoms with Crippen molar-refractivity contribution in [3.63, 3.8) is 0 Å². The van der Waals surface area contributed by atoms with Gasteiger partial charge in [-0.1, -0.05) is 0 Å². The summed E-state index contributed by atoms with van der Waals surface area (Å²) in [7, 11) is 0. The molecule has 104 valence electrons.